The van der Waals surface area contributed by atoms with Crippen molar-refractivity contribution in [3.05, 3.63) is 64.8 Å². The van der Waals surface area contributed by atoms with E-state index in [1.165, 1.54) is 11.6 Å². The molecule has 9 heteroatoms. The van der Waals surface area contributed by atoms with Crippen LogP contribution >= 0.6 is 36.4 Å². The summed E-state index contributed by atoms with van der Waals surface area (Å²) in [5.74, 6) is 0.242. The van der Waals surface area contributed by atoms with E-state index in [2.05, 4.69) is 27.3 Å². The van der Waals surface area contributed by atoms with Gasteiger partial charge in [0.05, 0.1) is 0 Å². The second-order valence-corrected chi connectivity index (χ2v) is 6.71. The Hall–Kier alpha value is -1.83. The number of nitrogens with zero attached hydrogens (tertiary/aromatic N) is 2. The molecule has 152 valence electrons. The number of amides is 1. The van der Waals surface area contributed by atoms with Crippen molar-refractivity contribution in [3.63, 3.8) is 0 Å². The fourth-order valence-electron chi connectivity index (χ4n) is 2.95. The molecule has 0 saturated carbocycles. The third-order valence-electron chi connectivity index (χ3n) is 4.27. The molecular weight excluding hydrogens is 423 g/mol. The number of likely N-dealkylation sites (tertiary alicyclic amines) is 1. The van der Waals surface area contributed by atoms with Crippen molar-refractivity contribution in [2.45, 2.75) is 19.0 Å². The van der Waals surface area contributed by atoms with Gasteiger partial charge in [0.25, 0.3) is 5.91 Å². The Bertz CT molecular complexity index is 770. The smallest absolute Gasteiger partial charge is 0.267 e. The van der Waals surface area contributed by atoms with Crippen molar-refractivity contribution >= 4 is 54.2 Å². The van der Waals surface area contributed by atoms with Crippen molar-refractivity contribution in [2.75, 3.05) is 18.4 Å². The van der Waals surface area contributed by atoms with Gasteiger partial charge < -0.3 is 5.32 Å². The molecule has 0 spiro atoms. The van der Waals surface area contributed by atoms with Crippen molar-refractivity contribution < 1.29 is 10.0 Å². The molecule has 2 heterocycles. The zero-order chi connectivity index (χ0) is 18.4. The molecule has 6 nitrogen and oxygen atoms in total. The van der Waals surface area contributed by atoms with Crippen LogP contribution in [0.5, 0.6) is 0 Å². The number of benzene rings is 1. The Kier molecular flexibility index (Phi) is 10.3. The maximum Gasteiger partial charge on any atom is 0.267 e. The van der Waals surface area contributed by atoms with Gasteiger partial charge >= 0.3 is 0 Å². The van der Waals surface area contributed by atoms with Gasteiger partial charge in [-0.25, -0.2) is 10.5 Å². The first-order chi connectivity index (χ1) is 12.6. The molecule has 3 N–H and O–H groups in total. The molecule has 1 fully saturated rings. The summed E-state index contributed by atoms with van der Waals surface area (Å²) in [6.07, 6.45) is 5.58. The van der Waals surface area contributed by atoms with Crippen LogP contribution in [-0.2, 0) is 11.3 Å². The zero-order valence-corrected chi connectivity index (χ0v) is 17.4. The number of pyridine rings is 1. The van der Waals surface area contributed by atoms with Crippen LogP contribution < -0.4 is 10.8 Å². The molecule has 1 aromatic heterocycles. The molecule has 1 aliphatic rings. The highest BCUT2D eigenvalue weighted by molar-refractivity contribution is 6.30. The summed E-state index contributed by atoms with van der Waals surface area (Å²) in [5, 5.41) is 12.7. The molecule has 1 unspecified atom stereocenters. The van der Waals surface area contributed by atoms with Gasteiger partial charge in [0, 0.05) is 43.0 Å². The quantitative estimate of drug-likeness (QED) is 0.358. The first kappa shape index (κ1) is 24.2. The normalized spacial score (nSPS) is 16.3. The predicted octanol–water partition coefficient (Wildman–Crippen LogP) is 3.78. The van der Waals surface area contributed by atoms with Crippen LogP contribution in [0.1, 0.15) is 17.5 Å². The molecule has 2 aromatic rings. The molecule has 28 heavy (non-hydrogen) atoms. The molecular formula is C19H23Cl3N4O2. The molecule has 1 atom stereocenters. The summed E-state index contributed by atoms with van der Waals surface area (Å²) in [7, 11) is 0. The van der Waals surface area contributed by atoms with E-state index in [1.807, 2.05) is 24.3 Å². The van der Waals surface area contributed by atoms with E-state index >= 15 is 0 Å². The summed E-state index contributed by atoms with van der Waals surface area (Å²) in [4.78, 5) is 17.8. The highest BCUT2D eigenvalue weighted by atomic mass is 35.5. The third-order valence-corrected chi connectivity index (χ3v) is 4.52. The van der Waals surface area contributed by atoms with Gasteiger partial charge in [0.15, 0.2) is 0 Å². The molecule has 0 radical (unpaired) electrons. The predicted molar refractivity (Wildman–Crippen MR) is 116 cm³/mol. The van der Waals surface area contributed by atoms with Gasteiger partial charge in [0.2, 0.25) is 0 Å². The fourth-order valence-corrected chi connectivity index (χ4v) is 3.08. The van der Waals surface area contributed by atoms with E-state index in [1.54, 1.807) is 17.8 Å². The van der Waals surface area contributed by atoms with Gasteiger partial charge in [-0.3, -0.25) is 14.9 Å². The van der Waals surface area contributed by atoms with Gasteiger partial charge in [-0.15, -0.1) is 24.8 Å². The second kappa shape index (κ2) is 11.9. The Morgan fingerprint density at radius 2 is 2.00 bits per heavy atom. The topological polar surface area (TPSA) is 77.5 Å². The molecule has 0 aliphatic carbocycles. The average Bonchev–Trinajstić information content (AvgIpc) is 3.09. The number of hydrogen-bond donors (Lipinski definition) is 3. The van der Waals surface area contributed by atoms with Crippen molar-refractivity contribution in [2.24, 2.45) is 0 Å². The minimum atomic E-state index is -0.570. The number of hydroxylamine groups is 1. The van der Waals surface area contributed by atoms with Crippen molar-refractivity contribution in [1.29, 1.82) is 0 Å². The molecule has 1 amide bonds. The minimum absolute atomic E-state index is 0. The number of carbonyl (C=O) groups is 1. The Balaban J connectivity index is 0.00000196. The number of halogens is 3. The van der Waals surface area contributed by atoms with E-state index in [4.69, 9.17) is 16.8 Å². The largest absolute Gasteiger partial charge is 0.366 e. The van der Waals surface area contributed by atoms with Crippen LogP contribution in [-0.4, -0.2) is 40.1 Å². The van der Waals surface area contributed by atoms with E-state index in [0.29, 0.717) is 6.04 Å². The molecule has 1 aliphatic heterocycles. The zero-order valence-electron chi connectivity index (χ0n) is 15.0. The van der Waals surface area contributed by atoms with E-state index in [-0.39, 0.29) is 24.8 Å². The molecule has 3 rings (SSSR count). The SMILES string of the molecule is Cl.Cl.O=C(/C=C/c1ccc(NC2CCN(Cc3ccc(Cl)cc3)C2)nc1)NO. The Labute approximate surface area is 181 Å². The van der Waals surface area contributed by atoms with Gasteiger partial charge in [-0.1, -0.05) is 23.7 Å². The van der Waals surface area contributed by atoms with Crippen LogP contribution in [0.3, 0.4) is 0 Å². The van der Waals surface area contributed by atoms with Crippen LogP contribution in [0.15, 0.2) is 48.7 Å². The Morgan fingerprint density at radius 1 is 1.25 bits per heavy atom. The van der Waals surface area contributed by atoms with E-state index < -0.39 is 5.91 Å². The average molecular weight is 446 g/mol. The molecule has 0 bridgehead atoms. The summed E-state index contributed by atoms with van der Waals surface area (Å²) in [6, 6.07) is 12.1. The van der Waals surface area contributed by atoms with Crippen LogP contribution in [0, 0.1) is 0 Å². The fraction of sp³-hybridized carbons (Fsp3) is 0.263. The monoisotopic (exact) mass is 444 g/mol. The second-order valence-electron chi connectivity index (χ2n) is 6.28. The lowest BCUT2D eigenvalue weighted by Gasteiger charge is -2.17. The van der Waals surface area contributed by atoms with Gasteiger partial charge in [-0.05, 0) is 47.9 Å². The van der Waals surface area contributed by atoms with E-state index in [9.17, 15) is 4.79 Å². The number of anilines is 1. The lowest BCUT2D eigenvalue weighted by Crippen LogP contribution is -2.26. The summed E-state index contributed by atoms with van der Waals surface area (Å²) >= 11 is 5.93. The summed E-state index contributed by atoms with van der Waals surface area (Å²) in [6.45, 7) is 2.92. The first-order valence-corrected chi connectivity index (χ1v) is 8.82. The number of rotatable bonds is 6. The standard InChI is InChI=1S/C19H21ClN4O2.2ClH/c20-16-5-1-15(2-6-16)12-24-10-9-17(13-24)22-18-7-3-14(11-21-18)4-8-19(25)23-26;;/h1-8,11,17,26H,9-10,12-13H2,(H,21,22)(H,23,25);2*1H/b8-4+;;. The van der Waals surface area contributed by atoms with Gasteiger partial charge in [0.1, 0.15) is 5.82 Å². The number of aromatic nitrogens is 1. The summed E-state index contributed by atoms with van der Waals surface area (Å²) in [5.41, 5.74) is 3.60. The minimum Gasteiger partial charge on any atom is -0.366 e. The van der Waals surface area contributed by atoms with E-state index in [0.717, 1.165) is 42.5 Å². The Morgan fingerprint density at radius 3 is 2.64 bits per heavy atom. The highest BCUT2D eigenvalue weighted by Crippen LogP contribution is 2.18. The first-order valence-electron chi connectivity index (χ1n) is 8.44. The van der Waals surface area contributed by atoms with Crippen molar-refractivity contribution in [3.8, 4) is 0 Å². The van der Waals surface area contributed by atoms with Crippen molar-refractivity contribution in [1.82, 2.24) is 15.4 Å². The van der Waals surface area contributed by atoms with Crippen LogP contribution in [0.2, 0.25) is 5.02 Å². The van der Waals surface area contributed by atoms with Crippen LogP contribution in [0.4, 0.5) is 5.82 Å². The number of nitrogens with one attached hydrogen (secondary N) is 2. The highest BCUT2D eigenvalue weighted by Gasteiger charge is 2.22. The van der Waals surface area contributed by atoms with Gasteiger partial charge in [-0.2, -0.15) is 0 Å². The lowest BCUT2D eigenvalue weighted by molar-refractivity contribution is -0.124. The maximum atomic E-state index is 11.0. The third kappa shape index (κ3) is 7.30. The summed E-state index contributed by atoms with van der Waals surface area (Å²) < 4.78 is 0. The van der Waals surface area contributed by atoms with Crippen LogP contribution in [0.25, 0.3) is 6.08 Å². The maximum absolute atomic E-state index is 11.0. The lowest BCUT2D eigenvalue weighted by atomic mass is 10.2. The number of hydrogen-bond acceptors (Lipinski definition) is 5. The molecule has 1 saturated heterocycles. The molecule has 1 aromatic carbocycles. The number of carbonyl (C=O) groups excluding carboxylic acids is 1.